The summed E-state index contributed by atoms with van der Waals surface area (Å²) in [4.78, 5) is 21.9. The maximum absolute atomic E-state index is 11.4. The number of amides is 1. The first kappa shape index (κ1) is 13.0. The number of hydrogen-bond acceptors (Lipinski definition) is 3. The topological polar surface area (TPSA) is 86.6 Å². The molecule has 0 heterocycles. The molecule has 0 spiro atoms. The molecule has 0 saturated carbocycles. The number of phenolic OH excluding ortho intramolecular Hbond substituents is 1. The minimum Gasteiger partial charge on any atom is -0.508 e. The second-order valence-corrected chi connectivity index (χ2v) is 3.76. The van der Waals surface area contributed by atoms with Crippen LogP contribution in [0.25, 0.3) is 0 Å². The number of aliphatic carboxylic acids is 1. The van der Waals surface area contributed by atoms with Crippen LogP contribution in [0.1, 0.15) is 18.9 Å². The summed E-state index contributed by atoms with van der Waals surface area (Å²) in [5.41, 5.74) is 0.672. The van der Waals surface area contributed by atoms with Crippen molar-refractivity contribution in [1.29, 1.82) is 0 Å². The Bertz CT molecular complexity index is 417. The number of nitrogens with one attached hydrogen (secondary N) is 1. The Balaban J connectivity index is 2.44. The molecule has 17 heavy (non-hydrogen) atoms. The second kappa shape index (κ2) is 5.89. The van der Waals surface area contributed by atoms with E-state index in [0.29, 0.717) is 12.0 Å². The lowest BCUT2D eigenvalue weighted by Crippen LogP contribution is -2.38. The van der Waals surface area contributed by atoms with Gasteiger partial charge in [-0.3, -0.25) is 9.59 Å². The van der Waals surface area contributed by atoms with Gasteiger partial charge in [0.2, 0.25) is 5.91 Å². The molecule has 5 heteroatoms. The highest BCUT2D eigenvalue weighted by atomic mass is 16.4. The van der Waals surface area contributed by atoms with Crippen LogP contribution < -0.4 is 5.32 Å². The van der Waals surface area contributed by atoms with Crippen molar-refractivity contribution in [3.8, 4) is 5.75 Å². The lowest BCUT2D eigenvalue weighted by atomic mass is 10.1. The Kier molecular flexibility index (Phi) is 4.51. The van der Waals surface area contributed by atoms with Gasteiger partial charge in [0, 0.05) is 6.42 Å². The summed E-state index contributed by atoms with van der Waals surface area (Å²) in [5, 5.41) is 20.4. The van der Waals surface area contributed by atoms with E-state index in [0.717, 1.165) is 0 Å². The van der Waals surface area contributed by atoms with E-state index in [-0.39, 0.29) is 18.1 Å². The fraction of sp³-hybridized carbons (Fsp3) is 0.333. The van der Waals surface area contributed by atoms with E-state index in [1.807, 2.05) is 0 Å². The van der Waals surface area contributed by atoms with Crippen LogP contribution in [0.2, 0.25) is 0 Å². The first-order valence-corrected chi connectivity index (χ1v) is 5.29. The summed E-state index contributed by atoms with van der Waals surface area (Å²) in [6.45, 7) is 1.40. The lowest BCUT2D eigenvalue weighted by Gasteiger charge is -2.09. The number of rotatable bonds is 5. The van der Waals surface area contributed by atoms with Crippen molar-refractivity contribution in [2.45, 2.75) is 25.8 Å². The molecule has 92 valence electrons. The van der Waals surface area contributed by atoms with Gasteiger partial charge in [-0.1, -0.05) is 18.2 Å². The van der Waals surface area contributed by atoms with E-state index in [1.54, 1.807) is 24.3 Å². The van der Waals surface area contributed by atoms with Crippen molar-refractivity contribution < 1.29 is 19.8 Å². The molecule has 0 aliphatic rings. The number of benzene rings is 1. The van der Waals surface area contributed by atoms with Crippen molar-refractivity contribution >= 4 is 11.9 Å². The number of carboxylic acid groups (broad SMARTS) is 1. The van der Waals surface area contributed by atoms with Crippen LogP contribution in [0.15, 0.2) is 24.3 Å². The van der Waals surface area contributed by atoms with E-state index >= 15 is 0 Å². The Morgan fingerprint density at radius 2 is 2.00 bits per heavy atom. The number of carbonyl (C=O) groups is 2. The SMILES string of the molecule is C[C@@H](NC(=O)CCc1ccccc1O)C(=O)O. The Hall–Kier alpha value is -2.04. The third-order valence-corrected chi connectivity index (χ3v) is 2.36. The van der Waals surface area contributed by atoms with Crippen LogP contribution in [-0.4, -0.2) is 28.1 Å². The van der Waals surface area contributed by atoms with E-state index in [9.17, 15) is 14.7 Å². The monoisotopic (exact) mass is 237 g/mol. The molecule has 0 radical (unpaired) electrons. The van der Waals surface area contributed by atoms with Gasteiger partial charge in [-0.25, -0.2) is 0 Å². The molecule has 1 atom stereocenters. The Morgan fingerprint density at radius 3 is 2.59 bits per heavy atom. The number of aryl methyl sites for hydroxylation is 1. The molecule has 0 aliphatic heterocycles. The standard InChI is InChI=1S/C12H15NO4/c1-8(12(16)17)13-11(15)7-6-9-4-2-3-5-10(9)14/h2-5,8,14H,6-7H2,1H3,(H,13,15)(H,16,17)/t8-/m1/s1. The molecule has 1 rings (SSSR count). The first-order chi connectivity index (χ1) is 8.00. The molecule has 1 aromatic carbocycles. The number of aromatic hydroxyl groups is 1. The largest absolute Gasteiger partial charge is 0.508 e. The summed E-state index contributed by atoms with van der Waals surface area (Å²) >= 11 is 0. The Morgan fingerprint density at radius 1 is 1.35 bits per heavy atom. The van der Waals surface area contributed by atoms with Gasteiger partial charge < -0.3 is 15.5 Å². The van der Waals surface area contributed by atoms with E-state index in [4.69, 9.17) is 5.11 Å². The summed E-state index contributed by atoms with van der Waals surface area (Å²) in [6.07, 6.45) is 0.528. The number of hydrogen-bond donors (Lipinski definition) is 3. The number of para-hydroxylation sites is 1. The van der Waals surface area contributed by atoms with Gasteiger partial charge in [0.15, 0.2) is 0 Å². The molecule has 0 aromatic heterocycles. The third kappa shape index (κ3) is 4.14. The van der Waals surface area contributed by atoms with E-state index in [1.165, 1.54) is 6.92 Å². The van der Waals surface area contributed by atoms with Gasteiger partial charge in [0.1, 0.15) is 11.8 Å². The summed E-state index contributed by atoms with van der Waals surface area (Å²) in [6, 6.07) is 5.85. The second-order valence-electron chi connectivity index (χ2n) is 3.76. The molecule has 0 bridgehead atoms. The zero-order chi connectivity index (χ0) is 12.8. The highest BCUT2D eigenvalue weighted by Gasteiger charge is 2.13. The molecular weight excluding hydrogens is 222 g/mol. The highest BCUT2D eigenvalue weighted by Crippen LogP contribution is 2.16. The number of carboxylic acids is 1. The molecule has 0 fully saturated rings. The average Bonchev–Trinajstić information content (AvgIpc) is 2.27. The summed E-state index contributed by atoms with van der Waals surface area (Å²) < 4.78 is 0. The molecule has 3 N–H and O–H groups in total. The van der Waals surface area contributed by atoms with Gasteiger partial charge in [-0.05, 0) is 25.0 Å². The van der Waals surface area contributed by atoms with Crippen LogP contribution in [0.5, 0.6) is 5.75 Å². The van der Waals surface area contributed by atoms with Crippen LogP contribution in [-0.2, 0) is 16.0 Å². The van der Waals surface area contributed by atoms with Gasteiger partial charge in [0.05, 0.1) is 0 Å². The van der Waals surface area contributed by atoms with Gasteiger partial charge in [-0.2, -0.15) is 0 Å². The molecular formula is C12H15NO4. The van der Waals surface area contributed by atoms with Crippen LogP contribution in [0.3, 0.4) is 0 Å². The van der Waals surface area contributed by atoms with Crippen molar-refractivity contribution in [3.05, 3.63) is 29.8 Å². The molecule has 0 saturated heterocycles. The van der Waals surface area contributed by atoms with Crippen LogP contribution >= 0.6 is 0 Å². The zero-order valence-electron chi connectivity index (χ0n) is 9.51. The van der Waals surface area contributed by atoms with E-state index < -0.39 is 12.0 Å². The quantitative estimate of drug-likeness (QED) is 0.710. The van der Waals surface area contributed by atoms with Crippen molar-refractivity contribution in [3.63, 3.8) is 0 Å². The Labute approximate surface area is 99.1 Å². The van der Waals surface area contributed by atoms with Crippen LogP contribution in [0, 0.1) is 0 Å². The first-order valence-electron chi connectivity index (χ1n) is 5.29. The predicted molar refractivity (Wildman–Crippen MR) is 61.7 cm³/mol. The molecule has 0 aliphatic carbocycles. The maximum Gasteiger partial charge on any atom is 0.325 e. The number of phenols is 1. The lowest BCUT2D eigenvalue weighted by molar-refractivity contribution is -0.141. The number of carbonyl (C=O) groups excluding carboxylic acids is 1. The van der Waals surface area contributed by atoms with Gasteiger partial charge in [-0.15, -0.1) is 0 Å². The van der Waals surface area contributed by atoms with Crippen LogP contribution in [0.4, 0.5) is 0 Å². The fourth-order valence-electron chi connectivity index (χ4n) is 1.35. The normalized spacial score (nSPS) is 11.8. The van der Waals surface area contributed by atoms with Crippen molar-refractivity contribution in [1.82, 2.24) is 5.32 Å². The van der Waals surface area contributed by atoms with Crippen molar-refractivity contribution in [2.75, 3.05) is 0 Å². The van der Waals surface area contributed by atoms with Crippen molar-refractivity contribution in [2.24, 2.45) is 0 Å². The zero-order valence-corrected chi connectivity index (χ0v) is 9.51. The van der Waals surface area contributed by atoms with E-state index in [2.05, 4.69) is 5.32 Å². The molecule has 1 amide bonds. The molecule has 1 aromatic rings. The highest BCUT2D eigenvalue weighted by molar-refractivity contribution is 5.83. The minimum absolute atomic E-state index is 0.145. The summed E-state index contributed by atoms with van der Waals surface area (Å²) in [5.74, 6) is -1.27. The van der Waals surface area contributed by atoms with Gasteiger partial charge >= 0.3 is 5.97 Å². The third-order valence-electron chi connectivity index (χ3n) is 2.36. The summed E-state index contributed by atoms with van der Waals surface area (Å²) in [7, 11) is 0. The molecule has 0 unspecified atom stereocenters. The fourth-order valence-corrected chi connectivity index (χ4v) is 1.35. The average molecular weight is 237 g/mol. The minimum atomic E-state index is -1.07. The molecule has 5 nitrogen and oxygen atoms in total. The maximum atomic E-state index is 11.4. The predicted octanol–water partition coefficient (Wildman–Crippen LogP) is 0.914. The smallest absolute Gasteiger partial charge is 0.325 e. The van der Waals surface area contributed by atoms with Gasteiger partial charge in [0.25, 0.3) is 0 Å².